The average Bonchev–Trinajstić information content (AvgIpc) is 2.89. The van der Waals surface area contributed by atoms with Gasteiger partial charge in [-0.15, -0.1) is 13.2 Å². The molecule has 0 saturated heterocycles. The zero-order chi connectivity index (χ0) is 16.3. The fourth-order valence-corrected chi connectivity index (χ4v) is 1.96. The van der Waals surface area contributed by atoms with Crippen LogP contribution in [-0.4, -0.2) is 23.9 Å². The van der Waals surface area contributed by atoms with E-state index in [1.807, 2.05) is 0 Å². The van der Waals surface area contributed by atoms with Gasteiger partial charge in [0.25, 0.3) is 0 Å². The molecule has 2 rings (SSSR count). The largest absolute Gasteiger partial charge is 0.573 e. The van der Waals surface area contributed by atoms with Crippen LogP contribution in [0.2, 0.25) is 0 Å². The second kappa shape index (κ2) is 6.39. The van der Waals surface area contributed by atoms with Crippen LogP contribution in [0.15, 0.2) is 33.3 Å². The van der Waals surface area contributed by atoms with Crippen LogP contribution in [0.5, 0.6) is 5.75 Å². The number of carbonyl (C=O) groups is 1. The Balaban J connectivity index is 2.39. The summed E-state index contributed by atoms with van der Waals surface area (Å²) in [7, 11) is 0. The molecule has 0 unspecified atom stereocenters. The van der Waals surface area contributed by atoms with E-state index in [0.29, 0.717) is 4.47 Å². The van der Waals surface area contributed by atoms with Crippen molar-refractivity contribution in [3.63, 3.8) is 0 Å². The molecular weight excluding hydrogens is 371 g/mol. The summed E-state index contributed by atoms with van der Waals surface area (Å²) in [5.74, 6) is -1.68. The third kappa shape index (κ3) is 4.00. The van der Waals surface area contributed by atoms with E-state index in [1.165, 1.54) is 12.1 Å². The number of aromatic nitrogens is 1. The number of carbonyl (C=O) groups excluding carboxylic acids is 1. The van der Waals surface area contributed by atoms with Crippen LogP contribution < -0.4 is 4.74 Å². The maximum Gasteiger partial charge on any atom is 0.573 e. The van der Waals surface area contributed by atoms with E-state index in [2.05, 4.69) is 25.7 Å². The van der Waals surface area contributed by atoms with Crippen LogP contribution in [0.3, 0.4) is 0 Å². The lowest BCUT2D eigenvalue weighted by Gasteiger charge is -2.12. The number of oxazole rings is 1. The van der Waals surface area contributed by atoms with Gasteiger partial charge in [0.2, 0.25) is 0 Å². The number of hydrogen-bond acceptors (Lipinski definition) is 5. The smallest absolute Gasteiger partial charge is 0.459 e. The van der Waals surface area contributed by atoms with Crippen molar-refractivity contribution in [2.24, 2.45) is 0 Å². The third-order valence-corrected chi connectivity index (χ3v) is 2.88. The first-order chi connectivity index (χ1) is 10.3. The number of benzene rings is 1. The first-order valence-electron chi connectivity index (χ1n) is 5.98. The topological polar surface area (TPSA) is 61.6 Å². The van der Waals surface area contributed by atoms with E-state index in [4.69, 9.17) is 9.15 Å². The number of nitrogens with zero attached hydrogens (tertiary/aromatic N) is 1. The molecule has 0 radical (unpaired) electrons. The molecule has 0 aliphatic carbocycles. The maximum atomic E-state index is 12.4. The minimum Gasteiger partial charge on any atom is -0.459 e. The van der Waals surface area contributed by atoms with E-state index in [9.17, 15) is 18.0 Å². The van der Waals surface area contributed by atoms with Gasteiger partial charge in [0.15, 0.2) is 5.76 Å². The summed E-state index contributed by atoms with van der Waals surface area (Å²) in [6.45, 7) is 1.72. The molecule has 0 aliphatic heterocycles. The summed E-state index contributed by atoms with van der Waals surface area (Å²) < 4.78 is 51.5. The van der Waals surface area contributed by atoms with E-state index in [0.717, 1.165) is 12.3 Å². The van der Waals surface area contributed by atoms with Crippen molar-refractivity contribution in [3.05, 3.63) is 34.8 Å². The molecule has 0 fully saturated rings. The van der Waals surface area contributed by atoms with Crippen molar-refractivity contribution >= 4 is 21.9 Å². The van der Waals surface area contributed by atoms with Crippen molar-refractivity contribution in [2.75, 3.05) is 6.61 Å². The standard InChI is InChI=1S/C13H9BrF3NO4/c1-2-20-12(19)11-18-6-10(21-11)8-5-7(14)3-4-9(8)22-13(15,16)17/h3-6H,2H2,1H3. The highest BCUT2D eigenvalue weighted by molar-refractivity contribution is 9.10. The van der Waals surface area contributed by atoms with E-state index in [-0.39, 0.29) is 23.8 Å². The van der Waals surface area contributed by atoms with E-state index < -0.39 is 18.1 Å². The van der Waals surface area contributed by atoms with Crippen LogP contribution in [0.1, 0.15) is 17.6 Å². The molecule has 5 nitrogen and oxygen atoms in total. The van der Waals surface area contributed by atoms with Gasteiger partial charge in [-0.25, -0.2) is 9.78 Å². The Bertz CT molecular complexity index is 684. The number of rotatable bonds is 4. The number of alkyl halides is 3. The zero-order valence-electron chi connectivity index (χ0n) is 11.1. The molecule has 0 spiro atoms. The molecule has 0 bridgehead atoms. The first-order valence-corrected chi connectivity index (χ1v) is 6.78. The van der Waals surface area contributed by atoms with Gasteiger partial charge in [0.1, 0.15) is 5.75 Å². The molecule has 1 aromatic heterocycles. The quantitative estimate of drug-likeness (QED) is 0.745. The van der Waals surface area contributed by atoms with Crippen molar-refractivity contribution in [1.29, 1.82) is 0 Å². The van der Waals surface area contributed by atoms with Crippen LogP contribution in [0.25, 0.3) is 11.3 Å². The molecular formula is C13H9BrF3NO4. The van der Waals surface area contributed by atoms with E-state index >= 15 is 0 Å². The molecule has 1 aromatic carbocycles. The van der Waals surface area contributed by atoms with E-state index in [1.54, 1.807) is 6.92 Å². The highest BCUT2D eigenvalue weighted by atomic mass is 79.9. The predicted molar refractivity (Wildman–Crippen MR) is 72.3 cm³/mol. The summed E-state index contributed by atoms with van der Waals surface area (Å²) >= 11 is 3.14. The van der Waals surface area contributed by atoms with Crippen LogP contribution in [0, 0.1) is 0 Å². The van der Waals surface area contributed by atoms with Gasteiger partial charge in [-0.05, 0) is 25.1 Å². The summed E-state index contributed by atoms with van der Waals surface area (Å²) in [5, 5.41) is 0. The molecule has 0 atom stereocenters. The number of ether oxygens (including phenoxy) is 2. The molecule has 0 N–H and O–H groups in total. The summed E-state index contributed by atoms with van der Waals surface area (Å²) in [5.41, 5.74) is -0.00486. The molecule has 118 valence electrons. The van der Waals surface area contributed by atoms with Crippen LogP contribution in [0.4, 0.5) is 13.2 Å². The fraction of sp³-hybridized carbons (Fsp3) is 0.231. The molecule has 2 aromatic rings. The number of esters is 1. The Hall–Kier alpha value is -2.03. The summed E-state index contributed by atoms with van der Waals surface area (Å²) in [6, 6.07) is 3.86. The van der Waals surface area contributed by atoms with Gasteiger partial charge in [0, 0.05) is 4.47 Å². The molecule has 22 heavy (non-hydrogen) atoms. The van der Waals surface area contributed by atoms with Gasteiger partial charge in [-0.1, -0.05) is 15.9 Å². The zero-order valence-corrected chi connectivity index (χ0v) is 12.7. The lowest BCUT2D eigenvalue weighted by atomic mass is 10.1. The highest BCUT2D eigenvalue weighted by Crippen LogP contribution is 2.36. The van der Waals surface area contributed by atoms with Gasteiger partial charge in [-0.2, -0.15) is 0 Å². The fourth-order valence-electron chi connectivity index (χ4n) is 1.59. The number of halogens is 4. The normalized spacial score (nSPS) is 11.3. The maximum absolute atomic E-state index is 12.4. The third-order valence-electron chi connectivity index (χ3n) is 2.39. The number of hydrogen-bond donors (Lipinski definition) is 0. The predicted octanol–water partition coefficient (Wildman–Crippen LogP) is 4.18. The highest BCUT2D eigenvalue weighted by Gasteiger charge is 2.33. The molecule has 9 heteroatoms. The summed E-state index contributed by atoms with van der Waals surface area (Å²) in [6.07, 6.45) is -3.73. The van der Waals surface area contributed by atoms with Crippen molar-refractivity contribution < 1.29 is 31.9 Å². The Kier molecular flexibility index (Phi) is 4.74. The lowest BCUT2D eigenvalue weighted by molar-refractivity contribution is -0.274. The molecule has 0 amide bonds. The Morgan fingerprint density at radius 3 is 2.77 bits per heavy atom. The monoisotopic (exact) mass is 379 g/mol. The van der Waals surface area contributed by atoms with Gasteiger partial charge < -0.3 is 13.9 Å². The lowest BCUT2D eigenvalue weighted by Crippen LogP contribution is -2.17. The molecule has 0 aliphatic rings. The summed E-state index contributed by atoms with van der Waals surface area (Å²) in [4.78, 5) is 15.2. The second-order valence-electron chi connectivity index (χ2n) is 3.94. The van der Waals surface area contributed by atoms with Crippen LogP contribution >= 0.6 is 15.9 Å². The Morgan fingerprint density at radius 1 is 1.41 bits per heavy atom. The van der Waals surface area contributed by atoms with Crippen molar-refractivity contribution in [2.45, 2.75) is 13.3 Å². The van der Waals surface area contributed by atoms with Crippen LogP contribution in [-0.2, 0) is 4.74 Å². The minimum absolute atomic E-state index is 0.00486. The van der Waals surface area contributed by atoms with Gasteiger partial charge in [0.05, 0.1) is 18.4 Å². The minimum atomic E-state index is -4.85. The molecule has 1 heterocycles. The molecule has 0 saturated carbocycles. The van der Waals surface area contributed by atoms with Gasteiger partial charge in [-0.3, -0.25) is 0 Å². The van der Waals surface area contributed by atoms with Crippen molar-refractivity contribution in [3.8, 4) is 17.1 Å². The second-order valence-corrected chi connectivity index (χ2v) is 4.85. The van der Waals surface area contributed by atoms with Gasteiger partial charge >= 0.3 is 18.2 Å². The average molecular weight is 380 g/mol. The first kappa shape index (κ1) is 16.3. The SMILES string of the molecule is CCOC(=O)c1ncc(-c2cc(Br)ccc2OC(F)(F)F)o1. The van der Waals surface area contributed by atoms with Crippen molar-refractivity contribution in [1.82, 2.24) is 4.98 Å². The Morgan fingerprint density at radius 2 is 2.14 bits per heavy atom. The Labute approximate surface area is 131 Å².